The van der Waals surface area contributed by atoms with Crippen LogP contribution >= 0.6 is 0 Å². The maximum absolute atomic E-state index is 13.0. The third-order valence-electron chi connectivity index (χ3n) is 4.94. The molecule has 1 amide bonds. The summed E-state index contributed by atoms with van der Waals surface area (Å²) in [5.41, 5.74) is 3.16. The van der Waals surface area contributed by atoms with Gasteiger partial charge in [-0.05, 0) is 19.1 Å². The lowest BCUT2D eigenvalue weighted by Crippen LogP contribution is -3.13. The Balaban J connectivity index is 1.66. The quantitative estimate of drug-likeness (QED) is 0.885. The first-order valence-electron chi connectivity index (χ1n) is 9.01. The fourth-order valence-electron chi connectivity index (χ4n) is 3.53. The van der Waals surface area contributed by atoms with Crippen LogP contribution < -0.4 is 14.4 Å². The highest BCUT2D eigenvalue weighted by molar-refractivity contribution is 5.99. The zero-order valence-electron chi connectivity index (χ0n) is 15.7. The van der Waals surface area contributed by atoms with Gasteiger partial charge in [-0.3, -0.25) is 4.79 Å². The fourth-order valence-corrected chi connectivity index (χ4v) is 3.53. The molecule has 0 bridgehead atoms. The summed E-state index contributed by atoms with van der Waals surface area (Å²) < 4.78 is 10.8. The van der Waals surface area contributed by atoms with Gasteiger partial charge in [-0.15, -0.1) is 0 Å². The SMILES string of the molecule is COc1cccc(OC)c1C(=O)N1CC[NH+](Cc2cccc(C)c2)CC1. The molecule has 1 saturated heterocycles. The molecule has 0 radical (unpaired) electrons. The van der Waals surface area contributed by atoms with Crippen molar-refractivity contribution < 1.29 is 19.2 Å². The predicted molar refractivity (Wildman–Crippen MR) is 101 cm³/mol. The molecule has 1 heterocycles. The van der Waals surface area contributed by atoms with E-state index in [9.17, 15) is 4.79 Å². The first-order valence-corrected chi connectivity index (χ1v) is 9.01. The van der Waals surface area contributed by atoms with Crippen LogP contribution in [0.3, 0.4) is 0 Å². The normalized spacial score (nSPS) is 15.0. The average molecular weight is 355 g/mol. The number of hydrogen-bond acceptors (Lipinski definition) is 3. The van der Waals surface area contributed by atoms with Crippen LogP contribution in [-0.2, 0) is 6.54 Å². The predicted octanol–water partition coefficient (Wildman–Crippen LogP) is 1.55. The van der Waals surface area contributed by atoms with Crippen LogP contribution in [0.1, 0.15) is 21.5 Å². The van der Waals surface area contributed by atoms with E-state index in [0.717, 1.165) is 32.7 Å². The lowest BCUT2D eigenvalue weighted by Gasteiger charge is -2.32. The molecule has 0 aromatic heterocycles. The zero-order chi connectivity index (χ0) is 18.5. The Morgan fingerprint density at radius 3 is 2.23 bits per heavy atom. The summed E-state index contributed by atoms with van der Waals surface area (Å²) in [6.07, 6.45) is 0. The van der Waals surface area contributed by atoms with E-state index in [1.165, 1.54) is 16.0 Å². The second kappa shape index (κ2) is 8.23. The Bertz CT molecular complexity index is 745. The van der Waals surface area contributed by atoms with Gasteiger partial charge >= 0.3 is 0 Å². The third kappa shape index (κ3) is 3.99. The monoisotopic (exact) mass is 355 g/mol. The van der Waals surface area contributed by atoms with Crippen molar-refractivity contribution in [2.75, 3.05) is 40.4 Å². The minimum Gasteiger partial charge on any atom is -0.496 e. The Morgan fingerprint density at radius 2 is 1.65 bits per heavy atom. The molecule has 1 aliphatic rings. The maximum atomic E-state index is 13.0. The second-order valence-electron chi connectivity index (χ2n) is 6.75. The average Bonchev–Trinajstić information content (AvgIpc) is 2.67. The summed E-state index contributed by atoms with van der Waals surface area (Å²) in [6, 6.07) is 14.1. The van der Waals surface area contributed by atoms with Gasteiger partial charge in [0.05, 0.1) is 40.4 Å². The minimum absolute atomic E-state index is 0.0195. The van der Waals surface area contributed by atoms with Crippen molar-refractivity contribution in [3.8, 4) is 11.5 Å². The van der Waals surface area contributed by atoms with Crippen molar-refractivity contribution in [1.82, 2.24) is 4.90 Å². The number of nitrogens with zero attached hydrogens (tertiary/aromatic N) is 1. The minimum atomic E-state index is -0.0195. The van der Waals surface area contributed by atoms with Gasteiger partial charge in [0.1, 0.15) is 23.6 Å². The van der Waals surface area contributed by atoms with Crippen LogP contribution in [0.15, 0.2) is 42.5 Å². The Morgan fingerprint density at radius 1 is 1.04 bits per heavy atom. The summed E-state index contributed by atoms with van der Waals surface area (Å²) in [7, 11) is 3.16. The Labute approximate surface area is 155 Å². The van der Waals surface area contributed by atoms with Gasteiger partial charge in [-0.2, -0.15) is 0 Å². The molecule has 0 unspecified atom stereocenters. The largest absolute Gasteiger partial charge is 0.496 e. The number of piperazine rings is 1. The van der Waals surface area contributed by atoms with E-state index in [1.54, 1.807) is 26.4 Å². The number of benzene rings is 2. The number of ether oxygens (including phenoxy) is 2. The highest BCUT2D eigenvalue weighted by Gasteiger charge is 2.28. The van der Waals surface area contributed by atoms with Crippen LogP contribution in [-0.4, -0.2) is 51.2 Å². The number of carbonyl (C=O) groups excluding carboxylic acids is 1. The summed E-state index contributed by atoms with van der Waals surface area (Å²) in [5, 5.41) is 0. The first kappa shape index (κ1) is 18.3. The van der Waals surface area contributed by atoms with Crippen LogP contribution in [0.25, 0.3) is 0 Å². The van der Waals surface area contributed by atoms with Gasteiger partial charge in [0.2, 0.25) is 0 Å². The molecule has 0 spiro atoms. The third-order valence-corrected chi connectivity index (χ3v) is 4.94. The molecule has 2 aromatic rings. The number of hydrogen-bond donors (Lipinski definition) is 1. The van der Waals surface area contributed by atoms with Crippen molar-refractivity contribution in [3.05, 3.63) is 59.2 Å². The number of nitrogens with one attached hydrogen (secondary N) is 1. The van der Waals surface area contributed by atoms with E-state index >= 15 is 0 Å². The summed E-state index contributed by atoms with van der Waals surface area (Å²) >= 11 is 0. The van der Waals surface area contributed by atoms with Gasteiger partial charge in [-0.25, -0.2) is 0 Å². The molecule has 3 rings (SSSR count). The highest BCUT2D eigenvalue weighted by atomic mass is 16.5. The summed E-state index contributed by atoms with van der Waals surface area (Å²) in [6.45, 7) is 6.48. The molecule has 0 saturated carbocycles. The zero-order valence-corrected chi connectivity index (χ0v) is 15.7. The molecule has 5 nitrogen and oxygen atoms in total. The van der Waals surface area contributed by atoms with Gasteiger partial charge in [-0.1, -0.05) is 35.9 Å². The van der Waals surface area contributed by atoms with E-state index in [-0.39, 0.29) is 5.91 Å². The van der Waals surface area contributed by atoms with Crippen molar-refractivity contribution in [2.45, 2.75) is 13.5 Å². The van der Waals surface area contributed by atoms with E-state index < -0.39 is 0 Å². The van der Waals surface area contributed by atoms with Crippen molar-refractivity contribution >= 4 is 5.91 Å². The van der Waals surface area contributed by atoms with Crippen LogP contribution in [0.4, 0.5) is 0 Å². The number of carbonyl (C=O) groups is 1. The van der Waals surface area contributed by atoms with E-state index in [0.29, 0.717) is 17.1 Å². The number of rotatable bonds is 5. The molecule has 2 aromatic carbocycles. The maximum Gasteiger partial charge on any atom is 0.261 e. The van der Waals surface area contributed by atoms with Gasteiger partial charge in [0.25, 0.3) is 5.91 Å². The number of quaternary nitrogens is 1. The van der Waals surface area contributed by atoms with Crippen LogP contribution in [0, 0.1) is 6.92 Å². The topological polar surface area (TPSA) is 43.2 Å². The van der Waals surface area contributed by atoms with E-state index in [2.05, 4.69) is 31.2 Å². The van der Waals surface area contributed by atoms with Crippen molar-refractivity contribution in [3.63, 3.8) is 0 Å². The Kier molecular flexibility index (Phi) is 5.78. The first-order chi connectivity index (χ1) is 12.6. The van der Waals surface area contributed by atoms with Crippen molar-refractivity contribution in [2.24, 2.45) is 0 Å². The number of methoxy groups -OCH3 is 2. The van der Waals surface area contributed by atoms with Crippen LogP contribution in [0.5, 0.6) is 11.5 Å². The molecule has 0 atom stereocenters. The molecule has 1 fully saturated rings. The van der Waals surface area contributed by atoms with Gasteiger partial charge in [0, 0.05) is 5.56 Å². The standard InChI is InChI=1S/C21H26N2O3/c1-16-6-4-7-17(14-16)15-22-10-12-23(13-11-22)21(24)20-18(25-2)8-5-9-19(20)26-3/h4-9,14H,10-13,15H2,1-3H3/p+1. The number of amides is 1. The Hall–Kier alpha value is -2.53. The van der Waals surface area contributed by atoms with Gasteiger partial charge < -0.3 is 19.3 Å². The highest BCUT2D eigenvalue weighted by Crippen LogP contribution is 2.29. The lowest BCUT2D eigenvalue weighted by atomic mass is 10.1. The molecule has 0 aliphatic carbocycles. The smallest absolute Gasteiger partial charge is 0.261 e. The summed E-state index contributed by atoms with van der Waals surface area (Å²) in [5.74, 6) is 1.10. The molecule has 138 valence electrons. The summed E-state index contributed by atoms with van der Waals surface area (Å²) in [4.78, 5) is 16.4. The fraction of sp³-hybridized carbons (Fsp3) is 0.381. The molecule has 5 heteroatoms. The lowest BCUT2D eigenvalue weighted by molar-refractivity contribution is -0.917. The molecular formula is C21H27N2O3+. The van der Waals surface area contributed by atoms with Crippen molar-refractivity contribution in [1.29, 1.82) is 0 Å². The molecule has 1 N–H and O–H groups in total. The van der Waals surface area contributed by atoms with E-state index in [4.69, 9.17) is 9.47 Å². The second-order valence-corrected chi connectivity index (χ2v) is 6.75. The van der Waals surface area contributed by atoms with Gasteiger partial charge in [0.15, 0.2) is 0 Å². The molecule has 26 heavy (non-hydrogen) atoms. The molecular weight excluding hydrogens is 328 g/mol. The van der Waals surface area contributed by atoms with E-state index in [1.807, 2.05) is 11.0 Å². The number of aryl methyl sites for hydroxylation is 1. The van der Waals surface area contributed by atoms with Crippen LogP contribution in [0.2, 0.25) is 0 Å². The molecule has 1 aliphatic heterocycles.